The third-order valence-electron chi connectivity index (χ3n) is 4.54. The number of nitrogens with two attached hydrogens (primary N) is 2. The SMILES string of the molecule is C[S+](CC[C@H](N)C(=O)O)C[C@H]1O[C@@H]([15n]2c[15n]c3c([15NH2])[15n]c[15n]c32)[C@H](O)[C@@H]1O. The number of imidazole rings is 1. The smallest absolute Gasteiger partial charge is 0.320 e. The van der Waals surface area contributed by atoms with Crippen LogP contribution < -0.4 is 11.5 Å². The molecule has 148 valence electrons. The van der Waals surface area contributed by atoms with E-state index in [1.165, 1.54) is 17.2 Å². The van der Waals surface area contributed by atoms with E-state index < -0.39 is 36.6 Å². The Bertz CT molecular complexity index is 819. The summed E-state index contributed by atoms with van der Waals surface area (Å²) in [4.78, 5) is 23.0. The van der Waals surface area contributed by atoms with Crippen LogP contribution in [0.1, 0.15) is 12.6 Å². The van der Waals surface area contributed by atoms with Crippen molar-refractivity contribution in [1.29, 1.82) is 0 Å². The zero-order chi connectivity index (χ0) is 19.7. The largest absolute Gasteiger partial charge is 0.480 e. The number of carboxylic acid groups (broad SMARTS) is 1. The van der Waals surface area contributed by atoms with Crippen molar-refractivity contribution in [2.75, 3.05) is 23.5 Å². The van der Waals surface area contributed by atoms with Gasteiger partial charge in [-0.2, -0.15) is 0 Å². The van der Waals surface area contributed by atoms with Crippen molar-refractivity contribution >= 4 is 33.8 Å². The highest BCUT2D eigenvalue weighted by Crippen LogP contribution is 2.32. The van der Waals surface area contributed by atoms with Crippen LogP contribution >= 0.6 is 0 Å². The van der Waals surface area contributed by atoms with Crippen LogP contribution in [0.2, 0.25) is 0 Å². The van der Waals surface area contributed by atoms with Crippen LogP contribution in [0.3, 0.4) is 0 Å². The van der Waals surface area contributed by atoms with E-state index in [4.69, 9.17) is 21.3 Å². The first-order chi connectivity index (χ1) is 12.8. The minimum atomic E-state index is -1.16. The van der Waals surface area contributed by atoms with Crippen LogP contribution in [0.5, 0.6) is 0 Å². The molecule has 1 aliphatic rings. The fraction of sp³-hybridized carbons (Fsp3) is 0.600. The molecule has 11 nitrogen and oxygen atoms in total. The number of ether oxygens (including phenoxy) is 1. The predicted octanol–water partition coefficient (Wildman–Crippen LogP) is -1.92. The van der Waals surface area contributed by atoms with Gasteiger partial charge in [-0.1, -0.05) is 0 Å². The van der Waals surface area contributed by atoms with Gasteiger partial charge in [-0.25, -0.2) is 15.0 Å². The van der Waals surface area contributed by atoms with Gasteiger partial charge in [-0.3, -0.25) is 9.36 Å². The number of rotatable bonds is 7. The molecule has 0 saturated carbocycles. The van der Waals surface area contributed by atoms with E-state index in [1.807, 2.05) is 6.26 Å². The summed E-state index contributed by atoms with van der Waals surface area (Å²) in [7, 11) is -0.235. The van der Waals surface area contributed by atoms with Crippen molar-refractivity contribution in [2.24, 2.45) is 5.73 Å². The minimum absolute atomic E-state index is 0.216. The Morgan fingerprint density at radius 3 is 2.81 bits per heavy atom. The van der Waals surface area contributed by atoms with Gasteiger partial charge >= 0.3 is 5.97 Å². The molecule has 3 heterocycles. The van der Waals surface area contributed by atoms with E-state index >= 15 is 0 Å². The van der Waals surface area contributed by atoms with E-state index in [9.17, 15) is 15.0 Å². The van der Waals surface area contributed by atoms with Gasteiger partial charge in [0.2, 0.25) is 0 Å². The molecule has 1 saturated heterocycles. The van der Waals surface area contributed by atoms with Crippen LogP contribution in [0.4, 0.5) is 5.82 Å². The number of aliphatic carboxylic acids is 1. The van der Waals surface area contributed by atoms with E-state index in [1.54, 1.807) is 0 Å². The molecule has 2 aromatic heterocycles. The highest BCUT2D eigenvalue weighted by Gasteiger charge is 2.46. The lowest BCUT2D eigenvalue weighted by molar-refractivity contribution is -0.138. The van der Waals surface area contributed by atoms with Gasteiger partial charge in [0.25, 0.3) is 0 Å². The second-order valence-electron chi connectivity index (χ2n) is 6.51. The number of carboxylic acids is 1. The fourth-order valence-electron chi connectivity index (χ4n) is 2.97. The van der Waals surface area contributed by atoms with Crippen molar-refractivity contribution in [1.82, 2.24) is 19.5 Å². The summed E-state index contributed by atoms with van der Waals surface area (Å²) in [6.45, 7) is 0. The standard InChI is InChI=1S/C15H22N6O5S/c1-27(3-2-7(16)15(24)25)4-8-10(22)11(23)14(26-8)21-6-20-9-12(17)18-5-19-13(9)21/h5-8,10-11,14,22-23H,2-4,16H2,1H3,(H2-,17,18,19,24,25)/p+1/t7-,8+,10+,11+,14+,27?/m0/s1/i17+1,18+1,19+1,20+1,21+1. The molecule has 2 aromatic rings. The predicted molar refractivity (Wildman–Crippen MR) is 98.9 cm³/mol. The van der Waals surface area contributed by atoms with Crippen molar-refractivity contribution in [3.8, 4) is 0 Å². The molecule has 7 N–H and O–H groups in total. The quantitative estimate of drug-likeness (QED) is 0.257. The van der Waals surface area contributed by atoms with E-state index in [2.05, 4.69) is 15.0 Å². The number of aliphatic hydroxyl groups excluding tert-OH is 2. The maximum Gasteiger partial charge on any atom is 0.320 e. The second kappa shape index (κ2) is 7.94. The first kappa shape index (κ1) is 19.8. The summed E-state index contributed by atoms with van der Waals surface area (Å²) in [5.74, 6) is 0.254. The van der Waals surface area contributed by atoms with Crippen LogP contribution in [0, 0.1) is 0 Å². The monoisotopic (exact) mass is 404 g/mol. The zero-order valence-corrected chi connectivity index (χ0v) is 15.5. The molecule has 6 atom stereocenters. The van der Waals surface area contributed by atoms with Crippen molar-refractivity contribution in [3.63, 3.8) is 0 Å². The third-order valence-corrected chi connectivity index (χ3v) is 6.37. The van der Waals surface area contributed by atoms with Gasteiger partial charge in [0.15, 0.2) is 17.7 Å². The van der Waals surface area contributed by atoms with Crippen molar-refractivity contribution in [3.05, 3.63) is 12.7 Å². The normalized spacial score (nSPS) is 27.7. The molecular weight excluding hydrogens is 381 g/mol. The maximum atomic E-state index is 10.8. The molecule has 1 unspecified atom stereocenters. The Labute approximate surface area is 157 Å². The molecule has 1 fully saturated rings. The fourth-order valence-corrected chi connectivity index (χ4v) is 4.63. The molecular formula is C15H23N6O5S+. The van der Waals surface area contributed by atoms with E-state index in [0.717, 1.165) is 0 Å². The highest BCUT2D eigenvalue weighted by atomic mass is 32.2. The summed E-state index contributed by atoms with van der Waals surface area (Å²) >= 11 is 0. The Morgan fingerprint density at radius 2 is 2.11 bits per heavy atom. The van der Waals surface area contributed by atoms with Crippen LogP contribution in [0.15, 0.2) is 12.7 Å². The Kier molecular flexibility index (Phi) is 5.81. The molecule has 0 radical (unpaired) electrons. The summed E-state index contributed by atoms with van der Waals surface area (Å²) in [6.07, 6.45) is 1.31. The molecule has 12 heteroatoms. The average molecular weight is 404 g/mol. The number of aliphatic hydroxyl groups is 2. The summed E-state index contributed by atoms with van der Waals surface area (Å²) in [5, 5.41) is 29.7. The maximum absolute atomic E-state index is 10.8. The molecule has 3 rings (SSSR count). The minimum Gasteiger partial charge on any atom is -0.480 e. The topological polar surface area (TPSA) is 183 Å². The number of hydrogen-bond donors (Lipinski definition) is 5. The lowest BCUT2D eigenvalue weighted by atomic mass is 10.1. The van der Waals surface area contributed by atoms with Crippen LogP contribution in [0.25, 0.3) is 11.2 Å². The number of hydrogen-bond acceptors (Lipinski definition) is 9. The molecule has 27 heavy (non-hydrogen) atoms. The first-order valence-electron chi connectivity index (χ1n) is 8.31. The zero-order valence-electron chi connectivity index (χ0n) is 14.7. The number of fused-ring (bicyclic) bond motifs is 1. The van der Waals surface area contributed by atoms with Gasteiger partial charge in [0, 0.05) is 6.42 Å². The van der Waals surface area contributed by atoms with Gasteiger partial charge in [-0.05, 0) is 10.9 Å². The highest BCUT2D eigenvalue weighted by molar-refractivity contribution is 7.96. The number of aromatic nitrogens is 4. The van der Waals surface area contributed by atoms with Gasteiger partial charge in [0.1, 0.15) is 47.7 Å². The Balaban J connectivity index is 1.68. The average Bonchev–Trinajstić information content (AvgIpc) is 3.17. The molecule has 0 amide bonds. The van der Waals surface area contributed by atoms with E-state index in [0.29, 0.717) is 29.1 Å². The first-order valence-corrected chi connectivity index (χ1v) is 10.3. The lowest BCUT2D eigenvalue weighted by Gasteiger charge is -2.16. The molecule has 0 spiro atoms. The summed E-state index contributed by atoms with van der Waals surface area (Å²) in [6, 6.07) is -0.907. The molecule has 1 aliphatic heterocycles. The van der Waals surface area contributed by atoms with E-state index in [-0.39, 0.29) is 16.7 Å². The van der Waals surface area contributed by atoms with Crippen LogP contribution in [-0.2, 0) is 20.4 Å². The van der Waals surface area contributed by atoms with Gasteiger partial charge in [0.05, 0.1) is 12.6 Å². The Morgan fingerprint density at radius 1 is 1.37 bits per heavy atom. The number of anilines is 1. The van der Waals surface area contributed by atoms with Crippen molar-refractivity contribution < 1.29 is 24.9 Å². The number of carbonyl (C=O) groups is 1. The second-order valence-corrected chi connectivity index (χ2v) is 8.82. The molecule has 0 aromatic carbocycles. The van der Waals surface area contributed by atoms with Gasteiger partial charge < -0.3 is 31.5 Å². The lowest BCUT2D eigenvalue weighted by Crippen LogP contribution is -2.37. The Hall–Kier alpha value is -1.99. The van der Waals surface area contributed by atoms with Gasteiger partial charge in [-0.15, -0.1) is 0 Å². The molecule has 0 bridgehead atoms. The summed E-state index contributed by atoms with van der Waals surface area (Å²) in [5.41, 5.74) is 12.1. The van der Waals surface area contributed by atoms with Crippen molar-refractivity contribution in [2.45, 2.75) is 37.0 Å². The number of nitrogen functional groups attached to an aromatic ring is 1. The summed E-state index contributed by atoms with van der Waals surface area (Å²) < 4.78 is 7.41. The third kappa shape index (κ3) is 3.99. The van der Waals surface area contributed by atoms with Crippen LogP contribution in [-0.4, -0.2) is 82.9 Å². The number of nitrogens with zero attached hydrogens (tertiary/aromatic N) is 4. The molecule has 0 aliphatic carbocycles.